The number of fused-ring (bicyclic) bond motifs is 3. The van der Waals surface area contributed by atoms with Crippen molar-refractivity contribution in [2.75, 3.05) is 0 Å². The van der Waals surface area contributed by atoms with Crippen LogP contribution in [0.4, 0.5) is 4.39 Å². The predicted octanol–water partition coefficient (Wildman–Crippen LogP) is 5.43. The van der Waals surface area contributed by atoms with Crippen molar-refractivity contribution < 1.29 is 9.13 Å². The van der Waals surface area contributed by atoms with Crippen molar-refractivity contribution in [2.45, 2.75) is 6.10 Å². The zero-order valence-corrected chi connectivity index (χ0v) is 14.3. The Balaban J connectivity index is 1.69. The van der Waals surface area contributed by atoms with Crippen LogP contribution in [0.1, 0.15) is 17.2 Å². The van der Waals surface area contributed by atoms with E-state index in [1.165, 1.54) is 12.1 Å². The highest BCUT2D eigenvalue weighted by Gasteiger charge is 2.29. The average molecular weight is 354 g/mol. The first-order chi connectivity index (χ1) is 13.3. The minimum absolute atomic E-state index is 0.272. The largest absolute Gasteiger partial charge is 0.480 e. The normalized spacial score (nSPS) is 14.8. The van der Waals surface area contributed by atoms with Crippen LogP contribution in [0, 0.1) is 5.82 Å². The number of rotatable bonds is 2. The third-order valence-corrected chi connectivity index (χ3v) is 4.69. The van der Waals surface area contributed by atoms with Gasteiger partial charge in [-0.2, -0.15) is 0 Å². The number of ether oxygens (including phenoxy) is 1. The molecule has 3 aromatic carbocycles. The molecule has 5 rings (SSSR count). The van der Waals surface area contributed by atoms with Crippen molar-refractivity contribution >= 4 is 0 Å². The lowest BCUT2D eigenvalue weighted by Gasteiger charge is -2.28. The van der Waals surface area contributed by atoms with Gasteiger partial charge < -0.3 is 4.74 Å². The molecule has 0 N–H and O–H groups in total. The summed E-state index contributed by atoms with van der Waals surface area (Å²) in [7, 11) is 0. The van der Waals surface area contributed by atoms with Crippen LogP contribution in [0.3, 0.4) is 0 Å². The van der Waals surface area contributed by atoms with E-state index >= 15 is 0 Å². The van der Waals surface area contributed by atoms with Gasteiger partial charge in [-0.05, 0) is 29.8 Å². The maximum Gasteiger partial charge on any atom is 0.159 e. The second kappa shape index (κ2) is 6.32. The van der Waals surface area contributed by atoms with Crippen molar-refractivity contribution in [3.05, 3.63) is 102 Å². The second-order valence-electron chi connectivity index (χ2n) is 6.41. The fourth-order valence-corrected chi connectivity index (χ4v) is 3.37. The van der Waals surface area contributed by atoms with Gasteiger partial charge in [0.1, 0.15) is 11.6 Å². The van der Waals surface area contributed by atoms with Crippen LogP contribution in [-0.2, 0) is 0 Å². The third kappa shape index (κ3) is 2.75. The van der Waals surface area contributed by atoms with E-state index in [1.54, 1.807) is 12.1 Å². The van der Waals surface area contributed by atoms with Crippen molar-refractivity contribution in [1.82, 2.24) is 9.97 Å². The molecule has 0 amide bonds. The van der Waals surface area contributed by atoms with E-state index in [4.69, 9.17) is 9.72 Å². The Morgan fingerprint density at radius 1 is 0.815 bits per heavy atom. The quantitative estimate of drug-likeness (QED) is 0.481. The van der Waals surface area contributed by atoms with Gasteiger partial charge in [0.2, 0.25) is 0 Å². The van der Waals surface area contributed by atoms with Crippen LogP contribution in [0.25, 0.3) is 22.6 Å². The van der Waals surface area contributed by atoms with E-state index in [2.05, 4.69) is 4.98 Å². The van der Waals surface area contributed by atoms with Gasteiger partial charge in [-0.25, -0.2) is 14.4 Å². The fourth-order valence-electron chi connectivity index (χ4n) is 3.37. The van der Waals surface area contributed by atoms with Crippen LogP contribution in [-0.4, -0.2) is 9.97 Å². The molecule has 1 unspecified atom stereocenters. The van der Waals surface area contributed by atoms with Gasteiger partial charge in [0.15, 0.2) is 11.9 Å². The highest BCUT2D eigenvalue weighted by Crippen LogP contribution is 2.43. The molecule has 3 nitrogen and oxygen atoms in total. The number of hydrogen-bond donors (Lipinski definition) is 0. The van der Waals surface area contributed by atoms with Gasteiger partial charge in [0.25, 0.3) is 0 Å². The van der Waals surface area contributed by atoms with Crippen LogP contribution in [0.15, 0.2) is 85.1 Å². The summed E-state index contributed by atoms with van der Waals surface area (Å²) in [5.41, 5.74) is 4.48. The molecule has 2 heterocycles. The lowest BCUT2D eigenvalue weighted by molar-refractivity contribution is 0.242. The summed E-state index contributed by atoms with van der Waals surface area (Å²) < 4.78 is 19.6. The van der Waals surface area contributed by atoms with Crippen molar-refractivity contribution in [3.8, 4) is 28.4 Å². The van der Waals surface area contributed by atoms with Crippen LogP contribution in [0.2, 0.25) is 0 Å². The summed E-state index contributed by atoms with van der Waals surface area (Å²) in [6.07, 6.45) is 1.44. The SMILES string of the molecule is Fc1ccc(C2Oc3ccccc3-c3nc(-c4ccccc4)ncc32)cc1. The fraction of sp³-hybridized carbons (Fsp3) is 0.0435. The lowest BCUT2D eigenvalue weighted by atomic mass is 9.94. The number of aromatic nitrogens is 2. The third-order valence-electron chi connectivity index (χ3n) is 4.69. The Morgan fingerprint density at radius 3 is 2.37 bits per heavy atom. The van der Waals surface area contributed by atoms with Crippen molar-refractivity contribution in [3.63, 3.8) is 0 Å². The van der Waals surface area contributed by atoms with E-state index in [0.717, 1.165) is 33.7 Å². The molecule has 0 bridgehead atoms. The maximum atomic E-state index is 13.4. The Kier molecular flexibility index (Phi) is 3.68. The monoisotopic (exact) mass is 354 g/mol. The minimum Gasteiger partial charge on any atom is -0.480 e. The van der Waals surface area contributed by atoms with Gasteiger partial charge in [-0.3, -0.25) is 0 Å². The molecule has 0 radical (unpaired) electrons. The molecule has 1 atom stereocenters. The van der Waals surface area contributed by atoms with Crippen LogP contribution in [0.5, 0.6) is 5.75 Å². The first kappa shape index (κ1) is 15.7. The van der Waals surface area contributed by atoms with Crippen molar-refractivity contribution in [1.29, 1.82) is 0 Å². The van der Waals surface area contributed by atoms with E-state index in [1.807, 2.05) is 60.8 Å². The second-order valence-corrected chi connectivity index (χ2v) is 6.41. The molecular formula is C23H15FN2O. The first-order valence-corrected chi connectivity index (χ1v) is 8.73. The molecule has 0 saturated heterocycles. The molecule has 27 heavy (non-hydrogen) atoms. The lowest BCUT2D eigenvalue weighted by Crippen LogP contribution is -2.17. The molecule has 0 fully saturated rings. The molecule has 0 spiro atoms. The zero-order valence-electron chi connectivity index (χ0n) is 14.3. The molecule has 0 aliphatic carbocycles. The van der Waals surface area contributed by atoms with Gasteiger partial charge in [0.05, 0.1) is 5.69 Å². The standard InChI is InChI=1S/C23H15FN2O/c24-17-12-10-15(11-13-17)22-19-14-25-23(16-6-2-1-3-7-16)26-21(19)18-8-4-5-9-20(18)27-22/h1-14,22H. The summed E-state index contributed by atoms with van der Waals surface area (Å²) in [6, 6.07) is 24.1. The molecule has 0 saturated carbocycles. The molecular weight excluding hydrogens is 339 g/mol. The Labute approximate surface area is 156 Å². The highest BCUT2D eigenvalue weighted by molar-refractivity contribution is 5.74. The summed E-state index contributed by atoms with van der Waals surface area (Å²) in [5, 5.41) is 0. The van der Waals surface area contributed by atoms with Crippen LogP contribution < -0.4 is 4.74 Å². The number of nitrogens with zero attached hydrogens (tertiary/aromatic N) is 2. The zero-order chi connectivity index (χ0) is 18.2. The first-order valence-electron chi connectivity index (χ1n) is 8.73. The Bertz CT molecular complexity index is 1110. The summed E-state index contributed by atoms with van der Waals surface area (Å²) in [5.74, 6) is 1.16. The van der Waals surface area contributed by atoms with E-state index in [0.29, 0.717) is 5.82 Å². The Hall–Kier alpha value is -3.53. The highest BCUT2D eigenvalue weighted by atomic mass is 19.1. The molecule has 4 aromatic rings. The number of halogens is 1. The molecule has 1 aliphatic rings. The average Bonchev–Trinajstić information content (AvgIpc) is 2.74. The topological polar surface area (TPSA) is 35.0 Å². The van der Waals surface area contributed by atoms with Gasteiger partial charge in [0, 0.05) is 22.9 Å². The molecule has 1 aliphatic heterocycles. The maximum absolute atomic E-state index is 13.4. The molecule has 4 heteroatoms. The van der Waals surface area contributed by atoms with Gasteiger partial charge >= 0.3 is 0 Å². The predicted molar refractivity (Wildman–Crippen MR) is 102 cm³/mol. The molecule has 1 aromatic heterocycles. The number of hydrogen-bond acceptors (Lipinski definition) is 3. The van der Waals surface area contributed by atoms with Crippen LogP contribution >= 0.6 is 0 Å². The van der Waals surface area contributed by atoms with Gasteiger partial charge in [-0.1, -0.05) is 54.6 Å². The summed E-state index contributed by atoms with van der Waals surface area (Å²) in [6.45, 7) is 0. The summed E-state index contributed by atoms with van der Waals surface area (Å²) in [4.78, 5) is 9.42. The molecule has 130 valence electrons. The van der Waals surface area contributed by atoms with E-state index < -0.39 is 0 Å². The van der Waals surface area contributed by atoms with E-state index in [-0.39, 0.29) is 11.9 Å². The van der Waals surface area contributed by atoms with E-state index in [9.17, 15) is 4.39 Å². The van der Waals surface area contributed by atoms with Crippen molar-refractivity contribution in [2.24, 2.45) is 0 Å². The number of para-hydroxylation sites is 1. The number of benzene rings is 3. The smallest absolute Gasteiger partial charge is 0.159 e. The Morgan fingerprint density at radius 2 is 1.56 bits per heavy atom. The summed E-state index contributed by atoms with van der Waals surface area (Å²) >= 11 is 0. The van der Waals surface area contributed by atoms with Gasteiger partial charge in [-0.15, -0.1) is 0 Å². The minimum atomic E-state index is -0.375.